The normalized spacial score (nSPS) is 19.5. The first-order valence-electron chi connectivity index (χ1n) is 8.03. The maximum atomic E-state index is 12.9. The van der Waals surface area contributed by atoms with Crippen LogP contribution in [-0.2, 0) is 0 Å². The third-order valence-electron chi connectivity index (χ3n) is 4.76. The van der Waals surface area contributed by atoms with Crippen molar-refractivity contribution in [2.75, 3.05) is 20.2 Å². The highest BCUT2D eigenvalue weighted by Crippen LogP contribution is 2.27. The minimum atomic E-state index is 0.200. The van der Waals surface area contributed by atoms with Crippen LogP contribution in [0.4, 0.5) is 0 Å². The van der Waals surface area contributed by atoms with E-state index in [4.69, 9.17) is 4.74 Å². The molecule has 0 radical (unpaired) electrons. The van der Waals surface area contributed by atoms with Gasteiger partial charge in [0.2, 0.25) is 0 Å². The number of methoxy groups -OCH3 is 1. The van der Waals surface area contributed by atoms with E-state index >= 15 is 0 Å². The van der Waals surface area contributed by atoms with Crippen LogP contribution in [0.3, 0.4) is 0 Å². The van der Waals surface area contributed by atoms with Crippen molar-refractivity contribution >= 4 is 16.7 Å². The summed E-state index contributed by atoms with van der Waals surface area (Å²) in [5.74, 6) is 0.984. The van der Waals surface area contributed by atoms with Crippen molar-refractivity contribution in [3.8, 4) is 5.75 Å². The Bertz CT molecular complexity index is 690. The number of H-pyrrole nitrogens is 1. The highest BCUT2D eigenvalue weighted by molar-refractivity contribution is 6.10. The van der Waals surface area contributed by atoms with Crippen molar-refractivity contribution in [1.82, 2.24) is 9.88 Å². The number of aromatic amines is 1. The lowest BCUT2D eigenvalue weighted by atomic mass is 10.0. The van der Waals surface area contributed by atoms with Gasteiger partial charge < -0.3 is 9.72 Å². The van der Waals surface area contributed by atoms with Crippen molar-refractivity contribution in [3.05, 3.63) is 29.5 Å². The first kappa shape index (κ1) is 15.1. The van der Waals surface area contributed by atoms with Gasteiger partial charge in [0.25, 0.3) is 0 Å². The van der Waals surface area contributed by atoms with Gasteiger partial charge in [-0.15, -0.1) is 0 Å². The monoisotopic (exact) mass is 300 g/mol. The SMILES string of the molecule is COc1ccc2[nH]c(C)c(C(=O)CN3CCCC[C@@H]3C)c2c1. The molecule has 1 aliphatic heterocycles. The number of benzene rings is 1. The summed E-state index contributed by atoms with van der Waals surface area (Å²) in [7, 11) is 1.65. The quantitative estimate of drug-likeness (QED) is 0.878. The first-order valence-corrected chi connectivity index (χ1v) is 8.03. The van der Waals surface area contributed by atoms with Crippen LogP contribution in [0.25, 0.3) is 10.9 Å². The number of nitrogens with zero attached hydrogens (tertiary/aromatic N) is 1. The molecule has 118 valence electrons. The smallest absolute Gasteiger partial charge is 0.179 e. The molecule has 1 fully saturated rings. The van der Waals surface area contributed by atoms with Crippen molar-refractivity contribution in [2.24, 2.45) is 0 Å². The first-order chi connectivity index (χ1) is 10.6. The van der Waals surface area contributed by atoms with Gasteiger partial charge in [0, 0.05) is 28.2 Å². The second-order valence-electron chi connectivity index (χ2n) is 6.27. The summed E-state index contributed by atoms with van der Waals surface area (Å²) in [6.07, 6.45) is 3.65. The lowest BCUT2D eigenvalue weighted by Crippen LogP contribution is -2.40. The number of ether oxygens (including phenoxy) is 1. The average Bonchev–Trinajstić information content (AvgIpc) is 2.84. The molecule has 1 aliphatic rings. The fourth-order valence-electron chi connectivity index (χ4n) is 3.45. The maximum absolute atomic E-state index is 12.9. The van der Waals surface area contributed by atoms with Gasteiger partial charge in [-0.25, -0.2) is 0 Å². The number of piperidine rings is 1. The van der Waals surface area contributed by atoms with E-state index in [9.17, 15) is 4.79 Å². The van der Waals surface area contributed by atoms with Gasteiger partial charge >= 0.3 is 0 Å². The summed E-state index contributed by atoms with van der Waals surface area (Å²) < 4.78 is 5.30. The van der Waals surface area contributed by atoms with Crippen LogP contribution in [-0.4, -0.2) is 41.9 Å². The molecule has 0 unspecified atom stereocenters. The standard InChI is InChI=1S/C18H24N2O2/c1-12-6-4-5-9-20(12)11-17(21)18-13(2)19-16-8-7-14(22-3)10-15(16)18/h7-8,10,12,19H,4-6,9,11H2,1-3H3/t12-/m0/s1. The van der Waals surface area contributed by atoms with Gasteiger partial charge in [0.05, 0.1) is 13.7 Å². The molecule has 1 aromatic heterocycles. The number of Topliss-reactive ketones (excluding diaryl/α,β-unsaturated/α-hetero) is 1. The molecule has 0 amide bonds. The molecule has 0 spiro atoms. The van der Waals surface area contributed by atoms with E-state index in [1.807, 2.05) is 25.1 Å². The van der Waals surface area contributed by atoms with Gasteiger partial charge in [-0.1, -0.05) is 6.42 Å². The molecule has 0 saturated carbocycles. The number of hydrogen-bond acceptors (Lipinski definition) is 3. The molecule has 0 aliphatic carbocycles. The number of aryl methyl sites for hydroxylation is 1. The fraction of sp³-hybridized carbons (Fsp3) is 0.500. The number of nitrogens with one attached hydrogen (secondary N) is 1. The number of rotatable bonds is 4. The summed E-state index contributed by atoms with van der Waals surface area (Å²) in [5.41, 5.74) is 2.75. The summed E-state index contributed by atoms with van der Waals surface area (Å²) in [6, 6.07) is 6.34. The molecule has 22 heavy (non-hydrogen) atoms. The Morgan fingerprint density at radius 1 is 1.41 bits per heavy atom. The van der Waals surface area contributed by atoms with Crippen LogP contribution in [0.2, 0.25) is 0 Å². The number of ketones is 1. The summed E-state index contributed by atoms with van der Waals surface area (Å²) in [4.78, 5) is 18.5. The molecule has 2 aromatic rings. The topological polar surface area (TPSA) is 45.3 Å². The number of fused-ring (bicyclic) bond motifs is 1. The lowest BCUT2D eigenvalue weighted by molar-refractivity contribution is 0.0861. The Morgan fingerprint density at radius 2 is 2.23 bits per heavy atom. The van der Waals surface area contributed by atoms with E-state index in [2.05, 4.69) is 16.8 Å². The van der Waals surface area contributed by atoms with Gasteiger partial charge in [0.15, 0.2) is 5.78 Å². The van der Waals surface area contributed by atoms with Crippen molar-refractivity contribution in [3.63, 3.8) is 0 Å². The molecular formula is C18H24N2O2. The highest BCUT2D eigenvalue weighted by Gasteiger charge is 2.23. The number of carbonyl (C=O) groups excluding carboxylic acids is 1. The van der Waals surface area contributed by atoms with Crippen LogP contribution in [0.15, 0.2) is 18.2 Å². The molecule has 1 aromatic carbocycles. The van der Waals surface area contributed by atoms with Crippen molar-refractivity contribution in [1.29, 1.82) is 0 Å². The van der Waals surface area contributed by atoms with Crippen LogP contribution >= 0.6 is 0 Å². The van der Waals surface area contributed by atoms with Gasteiger partial charge in [-0.2, -0.15) is 0 Å². The summed E-state index contributed by atoms with van der Waals surface area (Å²) in [6.45, 7) is 5.72. The highest BCUT2D eigenvalue weighted by atomic mass is 16.5. The molecule has 1 saturated heterocycles. The van der Waals surface area contributed by atoms with Crippen LogP contribution < -0.4 is 4.74 Å². The molecule has 1 atom stereocenters. The number of hydrogen-bond donors (Lipinski definition) is 1. The van der Waals surface area contributed by atoms with Gasteiger partial charge in [0.1, 0.15) is 5.75 Å². The van der Waals surface area contributed by atoms with E-state index in [0.29, 0.717) is 12.6 Å². The van der Waals surface area contributed by atoms with E-state index in [1.165, 1.54) is 19.3 Å². The van der Waals surface area contributed by atoms with Crippen molar-refractivity contribution < 1.29 is 9.53 Å². The fourth-order valence-corrected chi connectivity index (χ4v) is 3.45. The third-order valence-corrected chi connectivity index (χ3v) is 4.76. The Labute approximate surface area is 131 Å². The van der Waals surface area contributed by atoms with Crippen LogP contribution in [0.1, 0.15) is 42.2 Å². The molecule has 1 N–H and O–H groups in total. The summed E-state index contributed by atoms with van der Waals surface area (Å²) in [5, 5.41) is 0.964. The average molecular weight is 300 g/mol. The molecule has 4 heteroatoms. The van der Waals surface area contributed by atoms with Crippen LogP contribution in [0.5, 0.6) is 5.75 Å². The largest absolute Gasteiger partial charge is 0.497 e. The predicted octanol–water partition coefficient (Wildman–Crippen LogP) is 3.54. The lowest BCUT2D eigenvalue weighted by Gasteiger charge is -2.32. The Balaban J connectivity index is 1.91. The third kappa shape index (κ3) is 2.75. The number of carbonyl (C=O) groups is 1. The Hall–Kier alpha value is -1.81. The van der Waals surface area contributed by atoms with E-state index in [0.717, 1.165) is 34.5 Å². The molecule has 0 bridgehead atoms. The number of aromatic nitrogens is 1. The minimum Gasteiger partial charge on any atom is -0.497 e. The van der Waals surface area contributed by atoms with Gasteiger partial charge in [-0.3, -0.25) is 9.69 Å². The van der Waals surface area contributed by atoms with Crippen molar-refractivity contribution in [2.45, 2.75) is 39.2 Å². The van der Waals surface area contributed by atoms with Gasteiger partial charge in [-0.05, 0) is 51.4 Å². The Morgan fingerprint density at radius 3 is 2.95 bits per heavy atom. The van der Waals surface area contributed by atoms with E-state index < -0.39 is 0 Å². The van der Waals surface area contributed by atoms with E-state index in [-0.39, 0.29) is 5.78 Å². The molecular weight excluding hydrogens is 276 g/mol. The Kier molecular flexibility index (Phi) is 4.21. The molecule has 3 rings (SSSR count). The summed E-state index contributed by atoms with van der Waals surface area (Å²) >= 11 is 0. The zero-order valence-electron chi connectivity index (χ0n) is 13.6. The zero-order valence-corrected chi connectivity index (χ0v) is 13.6. The molecule has 4 nitrogen and oxygen atoms in total. The maximum Gasteiger partial charge on any atom is 0.179 e. The van der Waals surface area contributed by atoms with E-state index in [1.54, 1.807) is 7.11 Å². The molecule has 2 heterocycles. The van der Waals surface area contributed by atoms with Crippen LogP contribution in [0, 0.1) is 6.92 Å². The second-order valence-corrected chi connectivity index (χ2v) is 6.27. The minimum absolute atomic E-state index is 0.200. The predicted molar refractivity (Wildman–Crippen MR) is 88.8 cm³/mol. The number of likely N-dealkylation sites (tertiary alicyclic amines) is 1. The zero-order chi connectivity index (χ0) is 15.7. The second kappa shape index (κ2) is 6.13.